The van der Waals surface area contributed by atoms with Crippen LogP contribution in [0.25, 0.3) is 5.65 Å². The highest BCUT2D eigenvalue weighted by molar-refractivity contribution is 7.99. The van der Waals surface area contributed by atoms with Gasteiger partial charge in [0, 0.05) is 30.3 Å². The zero-order valence-corrected chi connectivity index (χ0v) is 16.7. The Morgan fingerprint density at radius 3 is 3.14 bits per heavy atom. The van der Waals surface area contributed by atoms with E-state index in [-0.39, 0.29) is 17.8 Å². The van der Waals surface area contributed by atoms with Gasteiger partial charge in [-0.25, -0.2) is 0 Å². The van der Waals surface area contributed by atoms with Crippen LogP contribution in [0.3, 0.4) is 0 Å². The van der Waals surface area contributed by atoms with Crippen molar-refractivity contribution >= 4 is 23.3 Å². The second-order valence-electron chi connectivity index (χ2n) is 6.61. The molecule has 1 amide bonds. The standard InChI is InChI=1S/C20H22N4O3S/c1-3-26-16-9-14-8-13(2)27-17(14)10-15(16)11-21-19(25)12-28-20-23-22-18-6-4-5-7-24(18)20/h4-7,9-10,13H,3,8,11-12H2,1-2H3,(H,21,25)/t13-/m1/s1. The number of hydrogen-bond donors (Lipinski definition) is 1. The lowest BCUT2D eigenvalue weighted by Gasteiger charge is -2.13. The molecule has 0 aliphatic carbocycles. The Bertz CT molecular complexity index is 1000. The van der Waals surface area contributed by atoms with E-state index in [2.05, 4.69) is 15.5 Å². The molecule has 146 valence electrons. The van der Waals surface area contributed by atoms with Gasteiger partial charge in [0.1, 0.15) is 17.6 Å². The summed E-state index contributed by atoms with van der Waals surface area (Å²) < 4.78 is 13.5. The van der Waals surface area contributed by atoms with Gasteiger partial charge in [0.15, 0.2) is 10.8 Å². The van der Waals surface area contributed by atoms with Crippen LogP contribution in [0.15, 0.2) is 41.7 Å². The summed E-state index contributed by atoms with van der Waals surface area (Å²) in [7, 11) is 0. The third-order valence-electron chi connectivity index (χ3n) is 4.47. The molecule has 1 atom stereocenters. The summed E-state index contributed by atoms with van der Waals surface area (Å²) in [5.41, 5.74) is 2.83. The van der Waals surface area contributed by atoms with E-state index in [0.29, 0.717) is 18.3 Å². The Morgan fingerprint density at radius 2 is 2.29 bits per heavy atom. The average Bonchev–Trinajstić information content (AvgIpc) is 3.26. The smallest absolute Gasteiger partial charge is 0.230 e. The van der Waals surface area contributed by atoms with E-state index in [9.17, 15) is 4.79 Å². The molecule has 1 aliphatic heterocycles. The second kappa shape index (κ2) is 8.10. The average molecular weight is 398 g/mol. The quantitative estimate of drug-likeness (QED) is 0.617. The fourth-order valence-corrected chi connectivity index (χ4v) is 3.96. The lowest BCUT2D eigenvalue weighted by molar-refractivity contribution is -0.118. The van der Waals surface area contributed by atoms with Crippen LogP contribution in [0, 0.1) is 0 Å². The monoisotopic (exact) mass is 398 g/mol. The third-order valence-corrected chi connectivity index (χ3v) is 5.41. The Labute approximate surface area is 167 Å². The van der Waals surface area contributed by atoms with Crippen molar-refractivity contribution in [2.24, 2.45) is 0 Å². The summed E-state index contributed by atoms with van der Waals surface area (Å²) in [5.74, 6) is 1.87. The molecule has 8 heteroatoms. The Balaban J connectivity index is 1.38. The van der Waals surface area contributed by atoms with Crippen LogP contribution < -0.4 is 14.8 Å². The number of rotatable bonds is 7. The molecule has 4 rings (SSSR count). The van der Waals surface area contributed by atoms with Gasteiger partial charge < -0.3 is 14.8 Å². The number of benzene rings is 1. The van der Waals surface area contributed by atoms with Crippen molar-refractivity contribution in [2.75, 3.05) is 12.4 Å². The molecule has 1 N–H and O–H groups in total. The molecule has 3 heterocycles. The summed E-state index contributed by atoms with van der Waals surface area (Å²) >= 11 is 1.36. The maximum absolute atomic E-state index is 12.3. The highest BCUT2D eigenvalue weighted by atomic mass is 32.2. The molecule has 0 fully saturated rings. The molecule has 0 bridgehead atoms. The van der Waals surface area contributed by atoms with Crippen molar-refractivity contribution in [3.05, 3.63) is 47.7 Å². The normalized spacial score (nSPS) is 15.3. The predicted molar refractivity (Wildman–Crippen MR) is 107 cm³/mol. The first-order chi connectivity index (χ1) is 13.6. The summed E-state index contributed by atoms with van der Waals surface area (Å²) in [4.78, 5) is 12.3. The van der Waals surface area contributed by atoms with Crippen molar-refractivity contribution in [3.63, 3.8) is 0 Å². The Hall–Kier alpha value is -2.74. The first-order valence-electron chi connectivity index (χ1n) is 9.28. The predicted octanol–water partition coefficient (Wildman–Crippen LogP) is 2.86. The molecule has 0 spiro atoms. The minimum Gasteiger partial charge on any atom is -0.494 e. The fourth-order valence-electron chi connectivity index (χ4n) is 3.20. The maximum Gasteiger partial charge on any atom is 0.230 e. The molecule has 1 aromatic carbocycles. The van der Waals surface area contributed by atoms with Gasteiger partial charge in [-0.05, 0) is 38.1 Å². The zero-order chi connectivity index (χ0) is 19.5. The van der Waals surface area contributed by atoms with Crippen LogP contribution in [0.5, 0.6) is 11.5 Å². The minimum atomic E-state index is -0.0742. The number of pyridine rings is 1. The van der Waals surface area contributed by atoms with Crippen molar-refractivity contribution in [3.8, 4) is 11.5 Å². The summed E-state index contributed by atoms with van der Waals surface area (Å²) in [6, 6.07) is 9.70. The summed E-state index contributed by atoms with van der Waals surface area (Å²) in [6.07, 6.45) is 2.93. The summed E-state index contributed by atoms with van der Waals surface area (Å²) in [6.45, 7) is 4.97. The molecule has 7 nitrogen and oxygen atoms in total. The van der Waals surface area contributed by atoms with Gasteiger partial charge in [0.25, 0.3) is 0 Å². The van der Waals surface area contributed by atoms with Crippen LogP contribution in [0.4, 0.5) is 0 Å². The molecule has 3 aromatic rings. The highest BCUT2D eigenvalue weighted by Gasteiger charge is 2.22. The number of aromatic nitrogens is 3. The zero-order valence-electron chi connectivity index (χ0n) is 15.8. The molecule has 0 unspecified atom stereocenters. The molecular formula is C20H22N4O3S. The lowest BCUT2D eigenvalue weighted by atomic mass is 10.1. The minimum absolute atomic E-state index is 0.0742. The number of ether oxygens (including phenoxy) is 2. The number of thioether (sulfide) groups is 1. The summed E-state index contributed by atoms with van der Waals surface area (Å²) in [5, 5.41) is 11.9. The van der Waals surface area contributed by atoms with Gasteiger partial charge in [0.05, 0.1) is 12.4 Å². The number of nitrogens with zero attached hydrogens (tertiary/aromatic N) is 3. The van der Waals surface area contributed by atoms with E-state index >= 15 is 0 Å². The van der Waals surface area contributed by atoms with E-state index in [4.69, 9.17) is 9.47 Å². The SMILES string of the molecule is CCOc1cc2c(cc1CNC(=O)CSc1nnc3ccccn13)O[C@H](C)C2. The second-order valence-corrected chi connectivity index (χ2v) is 7.55. The van der Waals surface area contributed by atoms with Gasteiger partial charge in [-0.3, -0.25) is 9.20 Å². The van der Waals surface area contributed by atoms with E-state index in [1.807, 2.05) is 54.8 Å². The molecule has 2 aromatic heterocycles. The number of nitrogens with one attached hydrogen (secondary N) is 1. The van der Waals surface area contributed by atoms with Crippen molar-refractivity contribution < 1.29 is 14.3 Å². The largest absolute Gasteiger partial charge is 0.494 e. The van der Waals surface area contributed by atoms with Crippen molar-refractivity contribution in [2.45, 2.75) is 38.1 Å². The molecule has 0 saturated heterocycles. The van der Waals surface area contributed by atoms with Crippen molar-refractivity contribution in [1.29, 1.82) is 0 Å². The van der Waals surface area contributed by atoms with Crippen LogP contribution in [0.2, 0.25) is 0 Å². The molecule has 1 aliphatic rings. The van der Waals surface area contributed by atoms with Crippen LogP contribution >= 0.6 is 11.8 Å². The van der Waals surface area contributed by atoms with Gasteiger partial charge in [-0.2, -0.15) is 0 Å². The van der Waals surface area contributed by atoms with Gasteiger partial charge >= 0.3 is 0 Å². The van der Waals surface area contributed by atoms with Crippen molar-refractivity contribution in [1.82, 2.24) is 19.9 Å². The lowest BCUT2D eigenvalue weighted by Crippen LogP contribution is -2.25. The number of carbonyl (C=O) groups is 1. The number of carbonyl (C=O) groups excluding carboxylic acids is 1. The fraction of sp³-hybridized carbons (Fsp3) is 0.350. The van der Waals surface area contributed by atoms with Crippen LogP contribution in [-0.2, 0) is 17.8 Å². The first-order valence-corrected chi connectivity index (χ1v) is 10.3. The third kappa shape index (κ3) is 3.91. The van der Waals surface area contributed by atoms with Gasteiger partial charge in [-0.1, -0.05) is 17.8 Å². The Kier molecular flexibility index (Phi) is 5.38. The molecular weight excluding hydrogens is 376 g/mol. The van der Waals surface area contributed by atoms with E-state index < -0.39 is 0 Å². The number of amides is 1. The van der Waals surface area contributed by atoms with E-state index in [1.165, 1.54) is 11.8 Å². The molecule has 0 radical (unpaired) electrons. The molecule has 28 heavy (non-hydrogen) atoms. The highest BCUT2D eigenvalue weighted by Crippen LogP contribution is 2.35. The first kappa shape index (κ1) is 18.6. The molecule has 0 saturated carbocycles. The van der Waals surface area contributed by atoms with E-state index in [1.54, 1.807) is 0 Å². The topological polar surface area (TPSA) is 77.8 Å². The van der Waals surface area contributed by atoms with Gasteiger partial charge in [-0.15, -0.1) is 10.2 Å². The maximum atomic E-state index is 12.3. The van der Waals surface area contributed by atoms with Crippen LogP contribution in [0.1, 0.15) is 25.0 Å². The number of hydrogen-bond acceptors (Lipinski definition) is 6. The van der Waals surface area contributed by atoms with Crippen LogP contribution in [-0.4, -0.2) is 39.0 Å². The number of fused-ring (bicyclic) bond motifs is 2. The van der Waals surface area contributed by atoms with E-state index in [0.717, 1.165) is 34.7 Å². The van der Waals surface area contributed by atoms with Gasteiger partial charge in [0.2, 0.25) is 5.91 Å². The Morgan fingerprint density at radius 1 is 1.39 bits per heavy atom.